The SMILES string of the molecule is CC(C)(C)OC(=O)N(C(=O)OC(C)(C)C)c1ccc(NC=C2C(=O)OC(C)(C)OC2=O)cc1. The van der Waals surface area contributed by atoms with Crippen LogP contribution in [-0.2, 0) is 28.5 Å². The van der Waals surface area contributed by atoms with E-state index in [9.17, 15) is 19.2 Å². The molecular formula is C23H30N2O8. The summed E-state index contributed by atoms with van der Waals surface area (Å²) in [5.74, 6) is -2.97. The van der Waals surface area contributed by atoms with Gasteiger partial charge in [0.15, 0.2) is 5.57 Å². The zero-order valence-electron chi connectivity index (χ0n) is 20.1. The molecule has 0 bridgehead atoms. The number of nitrogens with zero attached hydrogens (tertiary/aromatic N) is 1. The average Bonchev–Trinajstić information content (AvgIpc) is 2.58. The number of carbonyl (C=O) groups excluding carboxylic acids is 4. The maximum Gasteiger partial charge on any atom is 0.424 e. The van der Waals surface area contributed by atoms with Crippen molar-refractivity contribution in [2.75, 3.05) is 10.2 Å². The van der Waals surface area contributed by atoms with Crippen LogP contribution in [0.15, 0.2) is 36.0 Å². The van der Waals surface area contributed by atoms with Crippen LogP contribution in [0.2, 0.25) is 0 Å². The lowest BCUT2D eigenvalue weighted by Crippen LogP contribution is -2.43. The predicted octanol–water partition coefficient (Wildman–Crippen LogP) is 4.50. The molecule has 1 aromatic rings. The van der Waals surface area contributed by atoms with Gasteiger partial charge in [-0.2, -0.15) is 4.90 Å². The van der Waals surface area contributed by atoms with E-state index in [2.05, 4.69) is 5.32 Å². The van der Waals surface area contributed by atoms with Crippen molar-refractivity contribution in [1.82, 2.24) is 0 Å². The molecule has 1 fully saturated rings. The summed E-state index contributed by atoms with van der Waals surface area (Å²) in [7, 11) is 0. The predicted molar refractivity (Wildman–Crippen MR) is 119 cm³/mol. The van der Waals surface area contributed by atoms with Gasteiger partial charge in [0.05, 0.1) is 5.69 Å². The summed E-state index contributed by atoms with van der Waals surface area (Å²) in [6, 6.07) is 6.04. The van der Waals surface area contributed by atoms with Gasteiger partial charge in [-0.1, -0.05) is 0 Å². The van der Waals surface area contributed by atoms with Crippen molar-refractivity contribution in [3.8, 4) is 0 Å². The molecule has 1 aromatic carbocycles. The Morgan fingerprint density at radius 2 is 1.30 bits per heavy atom. The molecule has 0 spiro atoms. The van der Waals surface area contributed by atoms with Crippen molar-refractivity contribution in [2.45, 2.75) is 72.4 Å². The molecule has 10 nitrogen and oxygen atoms in total. The largest absolute Gasteiger partial charge is 0.443 e. The van der Waals surface area contributed by atoms with Crippen LogP contribution in [0.4, 0.5) is 21.0 Å². The van der Waals surface area contributed by atoms with Crippen LogP contribution in [-0.4, -0.2) is 41.1 Å². The normalized spacial score (nSPS) is 15.7. The van der Waals surface area contributed by atoms with Gasteiger partial charge in [-0.15, -0.1) is 0 Å². The fraction of sp³-hybridized carbons (Fsp3) is 0.478. The van der Waals surface area contributed by atoms with Gasteiger partial charge >= 0.3 is 24.1 Å². The van der Waals surface area contributed by atoms with Crippen molar-refractivity contribution >= 4 is 35.5 Å². The van der Waals surface area contributed by atoms with Crippen molar-refractivity contribution in [1.29, 1.82) is 0 Å². The van der Waals surface area contributed by atoms with E-state index in [1.807, 2.05) is 0 Å². The average molecular weight is 462 g/mol. The maximum absolute atomic E-state index is 12.7. The number of imide groups is 1. The minimum Gasteiger partial charge on any atom is -0.443 e. The van der Waals surface area contributed by atoms with Crippen LogP contribution in [0.3, 0.4) is 0 Å². The first-order chi connectivity index (χ1) is 15.0. The number of ether oxygens (including phenoxy) is 4. The van der Waals surface area contributed by atoms with Crippen molar-refractivity contribution < 1.29 is 38.1 Å². The Morgan fingerprint density at radius 3 is 1.70 bits per heavy atom. The Hall–Kier alpha value is -3.56. The van der Waals surface area contributed by atoms with Gasteiger partial charge in [-0.25, -0.2) is 19.2 Å². The minimum absolute atomic E-state index is 0.204. The van der Waals surface area contributed by atoms with Gasteiger partial charge in [-0.3, -0.25) is 0 Å². The molecule has 2 rings (SSSR count). The molecule has 2 amide bonds. The Labute approximate surface area is 192 Å². The van der Waals surface area contributed by atoms with Gasteiger partial charge < -0.3 is 24.3 Å². The number of esters is 2. The number of benzene rings is 1. The lowest BCUT2D eigenvalue weighted by atomic mass is 10.2. The summed E-state index contributed by atoms with van der Waals surface area (Å²) < 4.78 is 20.7. The third-order valence-corrected chi connectivity index (χ3v) is 3.78. The number of carbonyl (C=O) groups is 4. The number of anilines is 2. The van der Waals surface area contributed by atoms with E-state index >= 15 is 0 Å². The topological polar surface area (TPSA) is 120 Å². The number of cyclic esters (lactones) is 2. The van der Waals surface area contributed by atoms with E-state index in [0.717, 1.165) is 11.1 Å². The number of hydrogen-bond acceptors (Lipinski definition) is 9. The fourth-order valence-electron chi connectivity index (χ4n) is 2.54. The second-order valence-corrected chi connectivity index (χ2v) is 9.72. The molecule has 0 aliphatic carbocycles. The van der Waals surface area contributed by atoms with Gasteiger partial charge in [0.25, 0.3) is 5.79 Å². The molecule has 1 heterocycles. The molecule has 1 aliphatic rings. The quantitative estimate of drug-likeness (QED) is 0.300. The Bertz CT molecular complexity index is 916. The van der Waals surface area contributed by atoms with Crippen LogP contribution in [0, 0.1) is 0 Å². The van der Waals surface area contributed by atoms with Crippen LogP contribution < -0.4 is 10.2 Å². The van der Waals surface area contributed by atoms with E-state index in [4.69, 9.17) is 18.9 Å². The minimum atomic E-state index is -1.33. The highest BCUT2D eigenvalue weighted by Crippen LogP contribution is 2.25. The third kappa shape index (κ3) is 7.51. The lowest BCUT2D eigenvalue weighted by Gasteiger charge is -2.29. The van der Waals surface area contributed by atoms with Gasteiger partial charge in [0, 0.05) is 25.7 Å². The van der Waals surface area contributed by atoms with E-state index in [1.165, 1.54) is 38.1 Å². The molecule has 0 unspecified atom stereocenters. The molecule has 0 radical (unpaired) electrons. The molecule has 0 aromatic heterocycles. The lowest BCUT2D eigenvalue weighted by molar-refractivity contribution is -0.222. The first kappa shape index (κ1) is 25.7. The van der Waals surface area contributed by atoms with Crippen molar-refractivity contribution in [2.24, 2.45) is 0 Å². The number of amides is 2. The van der Waals surface area contributed by atoms with E-state index < -0.39 is 41.1 Å². The molecule has 1 saturated heterocycles. The fourth-order valence-corrected chi connectivity index (χ4v) is 2.54. The standard InChI is InChI=1S/C23H30N2O8/c1-21(2,3)32-19(28)25(20(29)33-22(4,5)6)15-11-9-14(10-12-15)24-13-16-17(26)30-23(7,8)31-18(16)27/h9-13,24H,1-8H3. The monoisotopic (exact) mass is 462 g/mol. The third-order valence-electron chi connectivity index (χ3n) is 3.78. The Kier molecular flexibility index (Phi) is 7.11. The number of nitrogens with one attached hydrogen (secondary N) is 1. The second kappa shape index (κ2) is 9.13. The zero-order valence-corrected chi connectivity index (χ0v) is 20.1. The van der Waals surface area contributed by atoms with Crippen LogP contribution in [0.1, 0.15) is 55.4 Å². The van der Waals surface area contributed by atoms with E-state index in [-0.39, 0.29) is 11.3 Å². The highest BCUT2D eigenvalue weighted by molar-refractivity contribution is 6.15. The summed E-state index contributed by atoms with van der Waals surface area (Å²) in [6.07, 6.45) is -0.626. The highest BCUT2D eigenvalue weighted by atomic mass is 16.7. The molecule has 1 N–H and O–H groups in total. The molecule has 180 valence electrons. The summed E-state index contributed by atoms with van der Waals surface area (Å²) in [6.45, 7) is 13.0. The summed E-state index contributed by atoms with van der Waals surface area (Å²) in [5, 5.41) is 2.79. The molecule has 0 saturated carbocycles. The molecule has 10 heteroatoms. The maximum atomic E-state index is 12.7. The van der Waals surface area contributed by atoms with Crippen LogP contribution in [0.25, 0.3) is 0 Å². The van der Waals surface area contributed by atoms with Gasteiger partial charge in [0.1, 0.15) is 11.2 Å². The summed E-state index contributed by atoms with van der Waals surface area (Å²) in [4.78, 5) is 50.2. The van der Waals surface area contributed by atoms with Crippen molar-refractivity contribution in [3.63, 3.8) is 0 Å². The smallest absolute Gasteiger partial charge is 0.424 e. The number of rotatable bonds is 3. The first-order valence-corrected chi connectivity index (χ1v) is 10.3. The molecule has 33 heavy (non-hydrogen) atoms. The zero-order chi connectivity index (χ0) is 25.2. The number of hydrogen-bond donors (Lipinski definition) is 1. The Balaban J connectivity index is 2.24. The Morgan fingerprint density at radius 1 is 0.879 bits per heavy atom. The van der Waals surface area contributed by atoms with Crippen LogP contribution in [0.5, 0.6) is 0 Å². The van der Waals surface area contributed by atoms with Gasteiger partial charge in [0.2, 0.25) is 0 Å². The molecular weight excluding hydrogens is 432 g/mol. The van der Waals surface area contributed by atoms with E-state index in [1.54, 1.807) is 41.5 Å². The first-order valence-electron chi connectivity index (χ1n) is 10.3. The summed E-state index contributed by atoms with van der Waals surface area (Å²) in [5.41, 5.74) is -1.30. The van der Waals surface area contributed by atoms with Crippen molar-refractivity contribution in [3.05, 3.63) is 36.0 Å². The van der Waals surface area contributed by atoms with Gasteiger partial charge in [-0.05, 0) is 65.8 Å². The van der Waals surface area contributed by atoms with Crippen LogP contribution >= 0.6 is 0 Å². The highest BCUT2D eigenvalue weighted by Gasteiger charge is 2.39. The summed E-state index contributed by atoms with van der Waals surface area (Å²) >= 11 is 0. The molecule has 1 aliphatic heterocycles. The van der Waals surface area contributed by atoms with E-state index in [0.29, 0.717) is 5.69 Å². The molecule has 0 atom stereocenters. The second-order valence-electron chi connectivity index (χ2n) is 9.72.